The van der Waals surface area contributed by atoms with Crippen LogP contribution in [0.5, 0.6) is 11.5 Å². The number of carbonyl (C=O) groups excluding carboxylic acids is 3. The Labute approximate surface area is 220 Å². The Hall–Kier alpha value is -3.58. The third kappa shape index (κ3) is 5.27. The largest absolute Gasteiger partial charge is 0.490 e. The minimum absolute atomic E-state index is 0.0841. The van der Waals surface area contributed by atoms with Crippen molar-refractivity contribution in [1.29, 1.82) is 0 Å². The van der Waals surface area contributed by atoms with E-state index in [-0.39, 0.29) is 24.1 Å². The number of allylic oxidation sites excluding steroid dienone is 4. The normalized spacial score (nSPS) is 17.7. The zero-order valence-electron chi connectivity index (χ0n) is 20.7. The number of Topliss-reactive ketones (excluding diaryl/α,β-unsaturated/α-hetero) is 2. The third-order valence-electron chi connectivity index (χ3n) is 6.88. The Morgan fingerprint density at radius 3 is 2.19 bits per heavy atom. The van der Waals surface area contributed by atoms with Gasteiger partial charge in [0.15, 0.2) is 29.7 Å². The van der Waals surface area contributed by atoms with Gasteiger partial charge in [0, 0.05) is 52.0 Å². The minimum atomic E-state index is -0.423. The number of anilines is 1. The van der Waals surface area contributed by atoms with Crippen LogP contribution in [-0.2, 0) is 14.4 Å². The van der Waals surface area contributed by atoms with Crippen LogP contribution in [0.25, 0.3) is 0 Å². The molecule has 0 fully saturated rings. The fourth-order valence-corrected chi connectivity index (χ4v) is 5.41. The number of dihydropyridines is 1. The van der Waals surface area contributed by atoms with Crippen molar-refractivity contribution in [3.05, 3.63) is 75.6 Å². The van der Waals surface area contributed by atoms with Crippen LogP contribution < -0.4 is 20.1 Å². The summed E-state index contributed by atoms with van der Waals surface area (Å²) < 4.78 is 11.7. The molecule has 2 N–H and O–H groups in total. The number of hydrogen-bond donors (Lipinski definition) is 2. The molecule has 0 saturated heterocycles. The highest BCUT2D eigenvalue weighted by molar-refractivity contribution is 6.30. The van der Waals surface area contributed by atoms with Crippen molar-refractivity contribution < 1.29 is 23.9 Å². The van der Waals surface area contributed by atoms with Gasteiger partial charge in [-0.25, -0.2) is 0 Å². The molecule has 1 aliphatic heterocycles. The first-order valence-corrected chi connectivity index (χ1v) is 13.1. The first-order chi connectivity index (χ1) is 17.9. The predicted molar refractivity (Wildman–Crippen MR) is 141 cm³/mol. The SMILES string of the molecule is CCOc1cc(C2C3=C(CCCC3=O)NC3=C2C(=O)CCC3)ccc1OCC(=O)Nc1ccc(Cl)cc1. The molecule has 0 spiro atoms. The van der Waals surface area contributed by atoms with E-state index < -0.39 is 5.92 Å². The average molecular weight is 521 g/mol. The lowest BCUT2D eigenvalue weighted by Crippen LogP contribution is -2.36. The maximum atomic E-state index is 13.1. The van der Waals surface area contributed by atoms with Gasteiger partial charge in [-0.2, -0.15) is 0 Å². The number of ketones is 2. The lowest BCUT2D eigenvalue weighted by Gasteiger charge is -2.37. The Kier molecular flexibility index (Phi) is 7.33. The summed E-state index contributed by atoms with van der Waals surface area (Å²) in [6, 6.07) is 12.3. The van der Waals surface area contributed by atoms with Crippen LogP contribution in [0.1, 0.15) is 56.9 Å². The van der Waals surface area contributed by atoms with Gasteiger partial charge in [0.1, 0.15) is 0 Å². The van der Waals surface area contributed by atoms with Gasteiger partial charge in [0.2, 0.25) is 0 Å². The van der Waals surface area contributed by atoms with E-state index in [4.69, 9.17) is 21.1 Å². The first-order valence-electron chi connectivity index (χ1n) is 12.7. The summed E-state index contributed by atoms with van der Waals surface area (Å²) >= 11 is 5.90. The van der Waals surface area contributed by atoms with Gasteiger partial charge in [-0.15, -0.1) is 0 Å². The average Bonchev–Trinajstić information content (AvgIpc) is 2.89. The van der Waals surface area contributed by atoms with E-state index in [1.165, 1.54) is 0 Å². The summed E-state index contributed by atoms with van der Waals surface area (Å²) in [6.45, 7) is 2.05. The molecule has 0 atom stereocenters. The number of carbonyl (C=O) groups is 3. The van der Waals surface area contributed by atoms with Crippen molar-refractivity contribution in [3.8, 4) is 11.5 Å². The highest BCUT2D eigenvalue weighted by Crippen LogP contribution is 2.46. The summed E-state index contributed by atoms with van der Waals surface area (Å²) in [5.74, 6) is 0.306. The zero-order chi connectivity index (χ0) is 25.9. The highest BCUT2D eigenvalue weighted by atomic mass is 35.5. The molecule has 8 heteroatoms. The van der Waals surface area contributed by atoms with Gasteiger partial charge in [-0.1, -0.05) is 17.7 Å². The molecular weight excluding hydrogens is 492 g/mol. The van der Waals surface area contributed by atoms with Crippen molar-refractivity contribution in [2.45, 2.75) is 51.4 Å². The second-order valence-corrected chi connectivity index (χ2v) is 9.82. The molecule has 0 radical (unpaired) electrons. The van der Waals surface area contributed by atoms with E-state index in [0.717, 1.165) is 42.6 Å². The maximum Gasteiger partial charge on any atom is 0.262 e. The van der Waals surface area contributed by atoms with Gasteiger partial charge in [-0.05, 0) is 74.6 Å². The van der Waals surface area contributed by atoms with Crippen molar-refractivity contribution >= 4 is 34.8 Å². The van der Waals surface area contributed by atoms with Crippen LogP contribution in [-0.4, -0.2) is 30.7 Å². The highest BCUT2D eigenvalue weighted by Gasteiger charge is 2.40. The second kappa shape index (κ2) is 10.8. The zero-order valence-corrected chi connectivity index (χ0v) is 21.5. The van der Waals surface area contributed by atoms with E-state index in [0.29, 0.717) is 52.8 Å². The van der Waals surface area contributed by atoms with Crippen LogP contribution in [0, 0.1) is 0 Å². The molecule has 0 bridgehead atoms. The lowest BCUT2D eigenvalue weighted by molar-refractivity contribution is -0.118. The summed E-state index contributed by atoms with van der Waals surface area (Å²) in [4.78, 5) is 38.6. The number of halogens is 1. The quantitative estimate of drug-likeness (QED) is 0.503. The molecular formula is C29H29ClN2O5. The van der Waals surface area contributed by atoms with Gasteiger partial charge < -0.3 is 20.1 Å². The molecule has 0 saturated carbocycles. The van der Waals surface area contributed by atoms with Crippen molar-refractivity contribution in [1.82, 2.24) is 5.32 Å². The first kappa shape index (κ1) is 25.1. The Morgan fingerprint density at radius 1 is 0.919 bits per heavy atom. The van der Waals surface area contributed by atoms with Crippen molar-refractivity contribution in [3.63, 3.8) is 0 Å². The van der Waals surface area contributed by atoms with E-state index >= 15 is 0 Å². The van der Waals surface area contributed by atoms with Crippen LogP contribution in [0.3, 0.4) is 0 Å². The number of nitrogens with one attached hydrogen (secondary N) is 2. The van der Waals surface area contributed by atoms with Gasteiger partial charge in [-0.3, -0.25) is 14.4 Å². The number of ether oxygens (including phenoxy) is 2. The van der Waals surface area contributed by atoms with Gasteiger partial charge in [0.05, 0.1) is 6.61 Å². The second-order valence-electron chi connectivity index (χ2n) is 9.38. The van der Waals surface area contributed by atoms with Crippen LogP contribution in [0.2, 0.25) is 5.02 Å². The molecule has 3 aliphatic rings. The van der Waals surface area contributed by atoms with Crippen LogP contribution >= 0.6 is 11.6 Å². The molecule has 2 aliphatic carbocycles. The maximum absolute atomic E-state index is 13.1. The summed E-state index contributed by atoms with van der Waals surface area (Å²) in [7, 11) is 0. The molecule has 192 valence electrons. The Bertz CT molecular complexity index is 1270. The van der Waals surface area contributed by atoms with Gasteiger partial charge >= 0.3 is 0 Å². The third-order valence-corrected chi connectivity index (χ3v) is 7.13. The topological polar surface area (TPSA) is 93.7 Å². The smallest absolute Gasteiger partial charge is 0.262 e. The predicted octanol–water partition coefficient (Wildman–Crippen LogP) is 5.46. The molecule has 1 amide bonds. The van der Waals surface area contributed by atoms with Crippen LogP contribution in [0.4, 0.5) is 5.69 Å². The molecule has 7 nitrogen and oxygen atoms in total. The van der Waals surface area contributed by atoms with E-state index in [1.54, 1.807) is 30.3 Å². The molecule has 5 rings (SSSR count). The Morgan fingerprint density at radius 2 is 1.57 bits per heavy atom. The molecule has 2 aromatic rings. The van der Waals surface area contributed by atoms with E-state index in [2.05, 4.69) is 10.6 Å². The molecule has 2 aromatic carbocycles. The summed E-state index contributed by atoms with van der Waals surface area (Å²) in [6.07, 6.45) is 4.17. The monoisotopic (exact) mass is 520 g/mol. The van der Waals surface area contributed by atoms with E-state index in [9.17, 15) is 14.4 Å². The fourth-order valence-electron chi connectivity index (χ4n) is 5.28. The summed E-state index contributed by atoms with van der Waals surface area (Å²) in [5.41, 5.74) is 4.69. The van der Waals surface area contributed by atoms with Crippen LogP contribution in [0.15, 0.2) is 65.0 Å². The molecule has 37 heavy (non-hydrogen) atoms. The minimum Gasteiger partial charge on any atom is -0.490 e. The number of amides is 1. The standard InChI is InChI=1S/C29H29ClN2O5/c1-2-36-25-15-17(9-14-24(25)37-16-26(35)31-19-12-10-18(30)11-13-19)27-28-20(5-3-7-22(28)33)32-21-6-4-8-23(34)29(21)27/h9-15,27,32H,2-8,16H2,1H3,(H,31,35). The number of hydrogen-bond acceptors (Lipinski definition) is 6. The fraction of sp³-hybridized carbons (Fsp3) is 0.345. The molecule has 0 unspecified atom stereocenters. The van der Waals surface area contributed by atoms with Gasteiger partial charge in [0.25, 0.3) is 5.91 Å². The van der Waals surface area contributed by atoms with Crippen molar-refractivity contribution in [2.75, 3.05) is 18.5 Å². The lowest BCUT2D eigenvalue weighted by atomic mass is 9.71. The number of rotatable bonds is 7. The van der Waals surface area contributed by atoms with E-state index in [1.807, 2.05) is 19.1 Å². The van der Waals surface area contributed by atoms with Crippen molar-refractivity contribution in [2.24, 2.45) is 0 Å². The molecule has 1 heterocycles. The molecule has 0 aromatic heterocycles. The Balaban J connectivity index is 1.42. The summed E-state index contributed by atoms with van der Waals surface area (Å²) in [5, 5.41) is 6.79. The number of benzene rings is 2.